The molecule has 6 heteroatoms. The molecule has 5 nitrogen and oxygen atoms in total. The number of nitrogens with one attached hydrogen (secondary N) is 1. The summed E-state index contributed by atoms with van der Waals surface area (Å²) in [5.41, 5.74) is 0.865. The van der Waals surface area contributed by atoms with Crippen molar-refractivity contribution in [2.45, 2.75) is 13.0 Å². The van der Waals surface area contributed by atoms with E-state index in [0.717, 1.165) is 30.9 Å². The van der Waals surface area contributed by atoms with Crippen LogP contribution in [0, 0.1) is 5.92 Å². The third kappa shape index (κ3) is 3.12. The number of carbonyl (C=O) groups excluding carboxylic acids is 1. The van der Waals surface area contributed by atoms with Gasteiger partial charge in [0.15, 0.2) is 11.5 Å². The van der Waals surface area contributed by atoms with Crippen LogP contribution in [0.3, 0.4) is 0 Å². The van der Waals surface area contributed by atoms with Gasteiger partial charge in [-0.05, 0) is 36.5 Å². The predicted octanol–water partition coefficient (Wildman–Crippen LogP) is 2.66. The molecule has 1 aromatic heterocycles. The van der Waals surface area contributed by atoms with Gasteiger partial charge >= 0.3 is 0 Å². The first-order chi connectivity index (χ1) is 11.8. The Morgan fingerprint density at radius 2 is 2.12 bits per heavy atom. The largest absolute Gasteiger partial charge is 0.486 e. The summed E-state index contributed by atoms with van der Waals surface area (Å²) < 4.78 is 11.3. The molecule has 126 valence electrons. The molecule has 0 bridgehead atoms. The monoisotopic (exact) mass is 344 g/mol. The van der Waals surface area contributed by atoms with Gasteiger partial charge in [-0.2, -0.15) is 0 Å². The van der Waals surface area contributed by atoms with Gasteiger partial charge < -0.3 is 19.7 Å². The molecule has 1 aromatic carbocycles. The summed E-state index contributed by atoms with van der Waals surface area (Å²) in [6.45, 7) is 3.36. The number of ether oxygens (including phenoxy) is 2. The van der Waals surface area contributed by atoms with Crippen molar-refractivity contribution in [2.75, 3.05) is 31.2 Å². The third-order valence-corrected chi connectivity index (χ3v) is 5.27. The van der Waals surface area contributed by atoms with Crippen LogP contribution in [0.1, 0.15) is 11.3 Å². The van der Waals surface area contributed by atoms with Crippen molar-refractivity contribution >= 4 is 22.9 Å². The molecule has 0 aliphatic carbocycles. The van der Waals surface area contributed by atoms with Gasteiger partial charge in [0.1, 0.15) is 13.2 Å². The minimum Gasteiger partial charge on any atom is -0.486 e. The minimum atomic E-state index is 0.0400. The molecule has 0 spiro atoms. The molecule has 2 aromatic rings. The molecular formula is C18H20N2O3S. The van der Waals surface area contributed by atoms with E-state index in [9.17, 15) is 4.79 Å². The predicted molar refractivity (Wildman–Crippen MR) is 93.9 cm³/mol. The fourth-order valence-corrected chi connectivity index (χ4v) is 3.83. The van der Waals surface area contributed by atoms with Crippen molar-refractivity contribution in [1.29, 1.82) is 0 Å². The molecular weight excluding hydrogens is 324 g/mol. The number of hydrogen-bond donors (Lipinski definition) is 1. The molecule has 3 heterocycles. The lowest BCUT2D eigenvalue weighted by Crippen LogP contribution is -2.36. The molecule has 0 radical (unpaired) electrons. The first-order valence-electron chi connectivity index (χ1n) is 8.25. The second-order valence-corrected chi connectivity index (χ2v) is 7.05. The molecule has 2 aliphatic rings. The highest BCUT2D eigenvalue weighted by molar-refractivity contribution is 7.09. The third-order valence-electron chi connectivity index (χ3n) is 4.41. The lowest BCUT2D eigenvalue weighted by Gasteiger charge is -2.27. The fourth-order valence-electron chi connectivity index (χ4n) is 3.14. The van der Waals surface area contributed by atoms with Gasteiger partial charge in [-0.1, -0.05) is 6.07 Å². The van der Waals surface area contributed by atoms with Gasteiger partial charge in [0.2, 0.25) is 5.91 Å². The molecule has 0 saturated carbocycles. The Morgan fingerprint density at radius 3 is 2.88 bits per heavy atom. The van der Waals surface area contributed by atoms with Gasteiger partial charge in [0.05, 0.1) is 12.5 Å². The number of rotatable bonds is 4. The summed E-state index contributed by atoms with van der Waals surface area (Å²) in [6, 6.07) is 9.84. The van der Waals surface area contributed by atoms with Crippen LogP contribution >= 0.6 is 11.3 Å². The van der Waals surface area contributed by atoms with Crippen LogP contribution in [-0.4, -0.2) is 32.2 Å². The van der Waals surface area contributed by atoms with Gasteiger partial charge in [-0.3, -0.25) is 4.79 Å². The Morgan fingerprint density at radius 1 is 1.25 bits per heavy atom. The van der Waals surface area contributed by atoms with Crippen LogP contribution in [0.15, 0.2) is 35.7 Å². The van der Waals surface area contributed by atoms with Gasteiger partial charge in [0, 0.05) is 23.2 Å². The molecule has 1 N–H and O–H groups in total. The first-order valence-corrected chi connectivity index (χ1v) is 9.13. The highest BCUT2D eigenvalue weighted by atomic mass is 32.1. The van der Waals surface area contributed by atoms with Gasteiger partial charge in [0.25, 0.3) is 0 Å². The number of hydrogen-bond acceptors (Lipinski definition) is 5. The Balaban J connectivity index is 1.64. The molecule has 4 rings (SSSR count). The topological polar surface area (TPSA) is 50.8 Å². The van der Waals surface area contributed by atoms with Gasteiger partial charge in [-0.25, -0.2) is 0 Å². The van der Waals surface area contributed by atoms with E-state index < -0.39 is 0 Å². The first kappa shape index (κ1) is 15.5. The van der Waals surface area contributed by atoms with Crippen LogP contribution in [0.25, 0.3) is 0 Å². The number of fused-ring (bicyclic) bond motifs is 1. The van der Waals surface area contributed by atoms with E-state index in [-0.39, 0.29) is 11.8 Å². The number of amides is 1. The zero-order valence-electron chi connectivity index (χ0n) is 13.4. The van der Waals surface area contributed by atoms with Crippen molar-refractivity contribution in [3.8, 4) is 11.5 Å². The molecule has 1 unspecified atom stereocenters. The summed E-state index contributed by atoms with van der Waals surface area (Å²) in [4.78, 5) is 16.1. The highest BCUT2D eigenvalue weighted by Crippen LogP contribution is 2.35. The van der Waals surface area contributed by atoms with E-state index in [1.54, 1.807) is 11.3 Å². The van der Waals surface area contributed by atoms with E-state index in [0.29, 0.717) is 25.5 Å². The van der Waals surface area contributed by atoms with Crippen molar-refractivity contribution in [3.63, 3.8) is 0 Å². The Kier molecular flexibility index (Phi) is 4.40. The maximum Gasteiger partial charge on any atom is 0.231 e. The van der Waals surface area contributed by atoms with Crippen LogP contribution in [0.4, 0.5) is 5.69 Å². The lowest BCUT2D eigenvalue weighted by molar-refractivity contribution is -0.121. The number of benzene rings is 1. The standard InChI is InChI=1S/C18H20N2O3S/c21-18(13-5-6-19-11-13)20(12-15-2-1-9-24-15)14-3-4-16-17(10-14)23-8-7-22-16/h1-4,9-10,13,19H,5-8,11-12H2. The quantitative estimate of drug-likeness (QED) is 0.926. The van der Waals surface area contributed by atoms with Crippen LogP contribution in [0.2, 0.25) is 0 Å². The minimum absolute atomic E-state index is 0.0400. The molecule has 1 amide bonds. The normalized spacial score (nSPS) is 19.2. The van der Waals surface area contributed by atoms with Gasteiger partial charge in [-0.15, -0.1) is 11.3 Å². The maximum atomic E-state index is 13.1. The summed E-state index contributed by atoms with van der Waals surface area (Å²) in [7, 11) is 0. The molecule has 1 fully saturated rings. The van der Waals surface area contributed by atoms with Crippen molar-refractivity contribution in [2.24, 2.45) is 5.92 Å². The summed E-state index contributed by atoms with van der Waals surface area (Å²) in [5, 5.41) is 5.32. The maximum absolute atomic E-state index is 13.1. The van der Waals surface area contributed by atoms with Crippen molar-refractivity contribution < 1.29 is 14.3 Å². The zero-order valence-corrected chi connectivity index (χ0v) is 14.2. The number of nitrogens with zero attached hydrogens (tertiary/aromatic N) is 1. The number of thiophene rings is 1. The smallest absolute Gasteiger partial charge is 0.231 e. The van der Waals surface area contributed by atoms with E-state index in [2.05, 4.69) is 11.4 Å². The fraction of sp³-hybridized carbons (Fsp3) is 0.389. The summed E-state index contributed by atoms with van der Waals surface area (Å²) in [5.74, 6) is 1.67. The zero-order chi connectivity index (χ0) is 16.4. The summed E-state index contributed by atoms with van der Waals surface area (Å²) in [6.07, 6.45) is 0.893. The summed E-state index contributed by atoms with van der Waals surface area (Å²) >= 11 is 1.67. The molecule has 24 heavy (non-hydrogen) atoms. The molecule has 2 aliphatic heterocycles. The SMILES string of the molecule is O=C(C1CCNC1)N(Cc1cccs1)c1ccc2c(c1)OCCO2. The highest BCUT2D eigenvalue weighted by Gasteiger charge is 2.29. The van der Waals surface area contributed by atoms with E-state index in [4.69, 9.17) is 9.47 Å². The van der Waals surface area contributed by atoms with E-state index in [1.165, 1.54) is 4.88 Å². The van der Waals surface area contributed by atoms with Crippen LogP contribution < -0.4 is 19.7 Å². The van der Waals surface area contributed by atoms with Crippen LogP contribution in [0.5, 0.6) is 11.5 Å². The number of anilines is 1. The average Bonchev–Trinajstić information content (AvgIpc) is 3.32. The second kappa shape index (κ2) is 6.83. The number of carbonyl (C=O) groups is 1. The van der Waals surface area contributed by atoms with Crippen LogP contribution in [-0.2, 0) is 11.3 Å². The lowest BCUT2D eigenvalue weighted by atomic mass is 10.1. The molecule has 1 saturated heterocycles. The molecule has 1 atom stereocenters. The Labute approximate surface area is 145 Å². The second-order valence-electron chi connectivity index (χ2n) is 6.02. The van der Waals surface area contributed by atoms with E-state index in [1.807, 2.05) is 34.5 Å². The van der Waals surface area contributed by atoms with Crippen molar-refractivity contribution in [3.05, 3.63) is 40.6 Å². The van der Waals surface area contributed by atoms with Crippen molar-refractivity contribution in [1.82, 2.24) is 5.32 Å². The Bertz CT molecular complexity index is 711. The average molecular weight is 344 g/mol. The Hall–Kier alpha value is -2.05. The van der Waals surface area contributed by atoms with E-state index >= 15 is 0 Å².